The molecule has 2 aromatic rings. The average Bonchev–Trinajstić information content (AvgIpc) is 2.44. The van der Waals surface area contributed by atoms with E-state index in [1.165, 1.54) is 5.56 Å². The molecule has 1 aliphatic rings. The van der Waals surface area contributed by atoms with Crippen LogP contribution in [0.25, 0.3) is 0 Å². The van der Waals surface area contributed by atoms with E-state index in [-0.39, 0.29) is 12.0 Å². The van der Waals surface area contributed by atoms with Crippen LogP contribution >= 0.6 is 11.6 Å². The SMILES string of the molecule is Cc1cccc(CC(=O)N2CC(Oc3ccc(Cl)cn3)C2)c1. The van der Waals surface area contributed by atoms with Crippen molar-refractivity contribution in [1.82, 2.24) is 9.88 Å². The Morgan fingerprint density at radius 1 is 1.36 bits per heavy atom. The van der Waals surface area contributed by atoms with Gasteiger partial charge in [-0.05, 0) is 18.6 Å². The van der Waals surface area contributed by atoms with E-state index < -0.39 is 0 Å². The molecule has 114 valence electrons. The van der Waals surface area contributed by atoms with Gasteiger partial charge in [0.05, 0.1) is 24.5 Å². The van der Waals surface area contributed by atoms with E-state index in [1.807, 2.05) is 36.1 Å². The van der Waals surface area contributed by atoms with E-state index in [1.54, 1.807) is 18.3 Å². The number of benzene rings is 1. The van der Waals surface area contributed by atoms with E-state index >= 15 is 0 Å². The second kappa shape index (κ2) is 6.36. The van der Waals surface area contributed by atoms with E-state index in [0.29, 0.717) is 30.4 Å². The Morgan fingerprint density at radius 3 is 2.86 bits per heavy atom. The van der Waals surface area contributed by atoms with Crippen molar-refractivity contribution in [2.24, 2.45) is 0 Å². The molecular formula is C17H17ClN2O2. The number of likely N-dealkylation sites (tertiary alicyclic amines) is 1. The number of aromatic nitrogens is 1. The predicted octanol–water partition coefficient (Wildman–Crippen LogP) is 2.88. The standard InChI is InChI=1S/C17H17ClN2O2/c1-12-3-2-4-13(7-12)8-17(21)20-10-15(11-20)22-16-6-5-14(18)9-19-16/h2-7,9,15H,8,10-11H2,1H3. The molecule has 22 heavy (non-hydrogen) atoms. The van der Waals surface area contributed by atoms with Gasteiger partial charge in [0, 0.05) is 12.3 Å². The molecule has 0 spiro atoms. The molecule has 0 N–H and O–H groups in total. The van der Waals surface area contributed by atoms with Crippen LogP contribution in [0.2, 0.25) is 5.02 Å². The molecule has 5 heteroatoms. The first-order valence-corrected chi connectivity index (χ1v) is 7.59. The van der Waals surface area contributed by atoms with Gasteiger partial charge in [-0.1, -0.05) is 41.4 Å². The molecule has 1 amide bonds. The predicted molar refractivity (Wildman–Crippen MR) is 85.1 cm³/mol. The quantitative estimate of drug-likeness (QED) is 0.871. The van der Waals surface area contributed by atoms with Crippen LogP contribution in [0, 0.1) is 6.92 Å². The van der Waals surface area contributed by atoms with Crippen LogP contribution < -0.4 is 4.74 Å². The van der Waals surface area contributed by atoms with E-state index in [9.17, 15) is 4.79 Å². The third-order valence-electron chi connectivity index (χ3n) is 3.63. The zero-order valence-electron chi connectivity index (χ0n) is 12.3. The number of pyridine rings is 1. The van der Waals surface area contributed by atoms with Crippen molar-refractivity contribution in [3.63, 3.8) is 0 Å². The third kappa shape index (κ3) is 3.57. The number of nitrogens with zero attached hydrogens (tertiary/aromatic N) is 2. The Bertz CT molecular complexity index is 667. The van der Waals surface area contributed by atoms with Gasteiger partial charge in [0.1, 0.15) is 6.10 Å². The summed E-state index contributed by atoms with van der Waals surface area (Å²) >= 11 is 5.78. The molecule has 1 fully saturated rings. The summed E-state index contributed by atoms with van der Waals surface area (Å²) in [5.41, 5.74) is 2.22. The van der Waals surface area contributed by atoms with E-state index in [0.717, 1.165) is 5.56 Å². The summed E-state index contributed by atoms with van der Waals surface area (Å²) in [5, 5.41) is 0.580. The minimum Gasteiger partial charge on any atom is -0.471 e. The minimum absolute atomic E-state index is 0.00938. The highest BCUT2D eigenvalue weighted by Crippen LogP contribution is 2.18. The molecule has 2 heterocycles. The molecule has 4 nitrogen and oxygen atoms in total. The van der Waals surface area contributed by atoms with Gasteiger partial charge in [0.25, 0.3) is 0 Å². The van der Waals surface area contributed by atoms with Gasteiger partial charge in [-0.25, -0.2) is 4.98 Å². The average molecular weight is 317 g/mol. The van der Waals surface area contributed by atoms with Gasteiger partial charge in [0.2, 0.25) is 11.8 Å². The molecule has 3 rings (SSSR count). The molecule has 1 aliphatic heterocycles. The van der Waals surface area contributed by atoms with Crippen molar-refractivity contribution in [3.8, 4) is 5.88 Å². The Balaban J connectivity index is 1.48. The number of amides is 1. The fraction of sp³-hybridized carbons (Fsp3) is 0.294. The maximum atomic E-state index is 12.2. The molecule has 1 aromatic heterocycles. The monoisotopic (exact) mass is 316 g/mol. The lowest BCUT2D eigenvalue weighted by Gasteiger charge is -2.38. The summed E-state index contributed by atoms with van der Waals surface area (Å²) in [5.74, 6) is 0.676. The van der Waals surface area contributed by atoms with Crippen molar-refractivity contribution in [2.75, 3.05) is 13.1 Å². The highest BCUT2D eigenvalue weighted by atomic mass is 35.5. The second-order valence-electron chi connectivity index (χ2n) is 5.52. The number of hydrogen-bond acceptors (Lipinski definition) is 3. The van der Waals surface area contributed by atoms with Crippen molar-refractivity contribution in [3.05, 3.63) is 58.7 Å². The lowest BCUT2D eigenvalue weighted by atomic mass is 10.1. The van der Waals surface area contributed by atoms with Crippen molar-refractivity contribution < 1.29 is 9.53 Å². The largest absolute Gasteiger partial charge is 0.471 e. The Kier molecular flexibility index (Phi) is 4.29. The number of halogens is 1. The van der Waals surface area contributed by atoms with Gasteiger partial charge in [0.15, 0.2) is 0 Å². The maximum absolute atomic E-state index is 12.2. The van der Waals surface area contributed by atoms with Crippen LogP contribution in [0.3, 0.4) is 0 Å². The fourth-order valence-corrected chi connectivity index (χ4v) is 2.54. The van der Waals surface area contributed by atoms with Crippen molar-refractivity contribution in [2.45, 2.75) is 19.4 Å². The Labute approximate surface area is 134 Å². The summed E-state index contributed by atoms with van der Waals surface area (Å²) in [4.78, 5) is 18.1. The maximum Gasteiger partial charge on any atom is 0.227 e. The van der Waals surface area contributed by atoms with Crippen molar-refractivity contribution >= 4 is 17.5 Å². The molecule has 0 radical (unpaired) electrons. The zero-order chi connectivity index (χ0) is 15.5. The molecule has 1 saturated heterocycles. The normalized spacial score (nSPS) is 14.5. The number of hydrogen-bond donors (Lipinski definition) is 0. The summed E-state index contributed by atoms with van der Waals surface area (Å²) in [6, 6.07) is 11.5. The first-order chi connectivity index (χ1) is 10.6. The molecule has 0 bridgehead atoms. The van der Waals surface area contributed by atoms with E-state index in [2.05, 4.69) is 4.98 Å². The lowest BCUT2D eigenvalue weighted by Crippen LogP contribution is -2.56. The Morgan fingerprint density at radius 2 is 2.18 bits per heavy atom. The molecular weight excluding hydrogens is 300 g/mol. The minimum atomic E-state index is 0.00938. The van der Waals surface area contributed by atoms with Gasteiger partial charge >= 0.3 is 0 Å². The summed E-state index contributed by atoms with van der Waals surface area (Å²) in [7, 11) is 0. The molecule has 0 saturated carbocycles. The smallest absolute Gasteiger partial charge is 0.227 e. The highest BCUT2D eigenvalue weighted by Gasteiger charge is 2.32. The second-order valence-corrected chi connectivity index (χ2v) is 5.96. The molecule has 0 atom stereocenters. The highest BCUT2D eigenvalue weighted by molar-refractivity contribution is 6.30. The molecule has 1 aromatic carbocycles. The van der Waals surface area contributed by atoms with Crippen molar-refractivity contribution in [1.29, 1.82) is 0 Å². The first-order valence-electron chi connectivity index (χ1n) is 7.22. The first kappa shape index (κ1) is 14.9. The summed E-state index contributed by atoms with van der Waals surface area (Å²) in [6.07, 6.45) is 2.00. The molecule has 0 unspecified atom stereocenters. The Hall–Kier alpha value is -2.07. The van der Waals surface area contributed by atoms with Crippen LogP contribution in [0.1, 0.15) is 11.1 Å². The van der Waals surface area contributed by atoms with Gasteiger partial charge < -0.3 is 9.64 Å². The van der Waals surface area contributed by atoms with Gasteiger partial charge in [-0.15, -0.1) is 0 Å². The fourth-order valence-electron chi connectivity index (χ4n) is 2.43. The number of carbonyl (C=O) groups is 1. The zero-order valence-corrected chi connectivity index (χ0v) is 13.1. The summed E-state index contributed by atoms with van der Waals surface area (Å²) < 4.78 is 5.69. The van der Waals surface area contributed by atoms with Gasteiger partial charge in [-0.2, -0.15) is 0 Å². The van der Waals surface area contributed by atoms with Crippen LogP contribution in [0.5, 0.6) is 5.88 Å². The van der Waals surface area contributed by atoms with Crippen LogP contribution in [0.15, 0.2) is 42.6 Å². The lowest BCUT2D eigenvalue weighted by molar-refractivity contribution is -0.139. The van der Waals surface area contributed by atoms with Crippen LogP contribution in [-0.4, -0.2) is 35.0 Å². The molecule has 0 aliphatic carbocycles. The van der Waals surface area contributed by atoms with Gasteiger partial charge in [-0.3, -0.25) is 4.79 Å². The van der Waals surface area contributed by atoms with E-state index in [4.69, 9.17) is 16.3 Å². The van der Waals surface area contributed by atoms with Crippen LogP contribution in [0.4, 0.5) is 0 Å². The number of rotatable bonds is 4. The summed E-state index contributed by atoms with van der Waals surface area (Å²) in [6.45, 7) is 3.24. The topological polar surface area (TPSA) is 42.4 Å². The number of carbonyl (C=O) groups excluding carboxylic acids is 1. The van der Waals surface area contributed by atoms with Crippen LogP contribution in [-0.2, 0) is 11.2 Å². The number of aryl methyl sites for hydroxylation is 1. The third-order valence-corrected chi connectivity index (χ3v) is 3.85. The number of ether oxygens (including phenoxy) is 1.